The summed E-state index contributed by atoms with van der Waals surface area (Å²) in [6.45, 7) is 6.60. The number of aromatic hydroxyl groups is 1. The van der Waals surface area contributed by atoms with Gasteiger partial charge in [0.25, 0.3) is 0 Å². The first-order chi connectivity index (χ1) is 9.62. The fraction of sp³-hybridized carbons (Fsp3) is 0.571. The Hall–Kier alpha value is -1.37. The third-order valence-corrected chi connectivity index (χ3v) is 3.32. The number of nitro groups is 1. The molecule has 0 aliphatic rings. The monoisotopic (exact) mass is 316 g/mol. The Morgan fingerprint density at radius 3 is 2.62 bits per heavy atom. The van der Waals surface area contributed by atoms with Crippen molar-refractivity contribution in [1.29, 1.82) is 0 Å². The highest BCUT2D eigenvalue weighted by Gasteiger charge is 2.21. The first-order valence-electron chi connectivity index (χ1n) is 6.67. The summed E-state index contributed by atoms with van der Waals surface area (Å²) >= 11 is 5.83. The molecule has 3 N–H and O–H groups in total. The van der Waals surface area contributed by atoms with Crippen LogP contribution in [-0.2, 0) is 6.54 Å². The number of rotatable bonds is 7. The third-order valence-electron chi connectivity index (χ3n) is 3.10. The molecule has 0 amide bonds. The van der Waals surface area contributed by atoms with Crippen LogP contribution in [0.15, 0.2) is 12.1 Å². The van der Waals surface area contributed by atoms with Crippen LogP contribution < -0.4 is 5.32 Å². The Kier molecular flexibility index (Phi) is 5.95. The first-order valence-corrected chi connectivity index (χ1v) is 7.05. The summed E-state index contributed by atoms with van der Waals surface area (Å²) < 4.78 is 0. The van der Waals surface area contributed by atoms with E-state index in [9.17, 15) is 20.3 Å². The van der Waals surface area contributed by atoms with Gasteiger partial charge in [0.05, 0.1) is 11.0 Å². The van der Waals surface area contributed by atoms with Gasteiger partial charge < -0.3 is 15.5 Å². The molecule has 1 atom stereocenters. The van der Waals surface area contributed by atoms with E-state index in [4.69, 9.17) is 11.6 Å². The Morgan fingerprint density at radius 2 is 2.10 bits per heavy atom. The van der Waals surface area contributed by atoms with E-state index in [1.165, 1.54) is 6.07 Å². The molecule has 1 aromatic carbocycles. The van der Waals surface area contributed by atoms with Crippen LogP contribution in [0, 0.1) is 15.5 Å². The number of nitrogens with zero attached hydrogens (tertiary/aromatic N) is 1. The SMILES string of the molecule is CC(O)CC(C)(C)CNCc1cc(Cl)cc([N+](=O)[O-])c1O. The molecule has 118 valence electrons. The second-order valence-electron chi connectivity index (χ2n) is 6.01. The predicted octanol–water partition coefficient (Wildman–Crippen LogP) is 2.84. The van der Waals surface area contributed by atoms with Gasteiger partial charge in [0.15, 0.2) is 5.75 Å². The second-order valence-corrected chi connectivity index (χ2v) is 6.45. The molecule has 0 spiro atoms. The standard InChI is InChI=1S/C14H21ClN2O4/c1-9(18)6-14(2,3)8-16-7-10-4-11(15)5-12(13(10)19)17(20)21/h4-5,9,16,18-19H,6-8H2,1-3H3. The number of nitrogens with one attached hydrogen (secondary N) is 1. The minimum Gasteiger partial charge on any atom is -0.502 e. The lowest BCUT2D eigenvalue weighted by Crippen LogP contribution is -2.31. The average Bonchev–Trinajstić information content (AvgIpc) is 2.30. The molecule has 6 nitrogen and oxygen atoms in total. The van der Waals surface area contributed by atoms with Crippen molar-refractivity contribution in [3.05, 3.63) is 32.8 Å². The molecule has 0 aromatic heterocycles. The van der Waals surface area contributed by atoms with Crippen LogP contribution in [-0.4, -0.2) is 27.8 Å². The summed E-state index contributed by atoms with van der Waals surface area (Å²) in [6.07, 6.45) is 0.226. The maximum atomic E-state index is 10.8. The third kappa shape index (κ3) is 5.49. The average molecular weight is 317 g/mol. The maximum absolute atomic E-state index is 10.8. The summed E-state index contributed by atoms with van der Waals surface area (Å²) in [7, 11) is 0. The van der Waals surface area contributed by atoms with Crippen molar-refractivity contribution >= 4 is 17.3 Å². The summed E-state index contributed by atoms with van der Waals surface area (Å²) in [5, 5.41) is 33.5. The maximum Gasteiger partial charge on any atom is 0.312 e. The first kappa shape index (κ1) is 17.7. The van der Waals surface area contributed by atoms with E-state index in [1.807, 2.05) is 13.8 Å². The van der Waals surface area contributed by atoms with E-state index in [2.05, 4.69) is 5.32 Å². The molecule has 21 heavy (non-hydrogen) atoms. The number of phenols is 1. The van der Waals surface area contributed by atoms with Crippen molar-refractivity contribution in [2.45, 2.75) is 39.8 Å². The molecule has 1 aromatic rings. The van der Waals surface area contributed by atoms with Crippen molar-refractivity contribution in [2.24, 2.45) is 5.41 Å². The number of phenolic OH excluding ortho intramolecular Hbond substituents is 1. The van der Waals surface area contributed by atoms with Crippen molar-refractivity contribution < 1.29 is 15.1 Å². The molecule has 0 saturated carbocycles. The van der Waals surface area contributed by atoms with Crippen LogP contribution >= 0.6 is 11.6 Å². The smallest absolute Gasteiger partial charge is 0.312 e. The van der Waals surface area contributed by atoms with E-state index in [0.717, 1.165) is 6.07 Å². The molecular weight excluding hydrogens is 296 g/mol. The van der Waals surface area contributed by atoms with E-state index >= 15 is 0 Å². The topological polar surface area (TPSA) is 95.6 Å². The van der Waals surface area contributed by atoms with Crippen LogP contribution in [0.3, 0.4) is 0 Å². The van der Waals surface area contributed by atoms with E-state index in [-0.39, 0.29) is 22.7 Å². The van der Waals surface area contributed by atoms with Crippen molar-refractivity contribution in [2.75, 3.05) is 6.54 Å². The van der Waals surface area contributed by atoms with E-state index in [1.54, 1.807) is 6.92 Å². The summed E-state index contributed by atoms with van der Waals surface area (Å²) in [5.74, 6) is -0.370. The quantitative estimate of drug-likeness (QED) is 0.531. The van der Waals surface area contributed by atoms with Crippen molar-refractivity contribution in [3.63, 3.8) is 0 Å². The van der Waals surface area contributed by atoms with Gasteiger partial charge in [-0.05, 0) is 24.8 Å². The van der Waals surface area contributed by atoms with Crippen molar-refractivity contribution in [3.8, 4) is 5.75 Å². The molecule has 0 fully saturated rings. The van der Waals surface area contributed by atoms with Crippen LogP contribution in [0.1, 0.15) is 32.8 Å². The summed E-state index contributed by atoms with van der Waals surface area (Å²) in [5.41, 5.74) is -0.154. The normalized spacial score (nSPS) is 13.2. The van der Waals surface area contributed by atoms with Gasteiger partial charge in [-0.3, -0.25) is 10.1 Å². The number of halogens is 1. The second kappa shape index (κ2) is 7.06. The zero-order valence-corrected chi connectivity index (χ0v) is 13.1. The highest BCUT2D eigenvalue weighted by Crippen LogP contribution is 2.33. The van der Waals surface area contributed by atoms with Crippen molar-refractivity contribution in [1.82, 2.24) is 5.32 Å². The Labute approximate surface area is 128 Å². The zero-order valence-electron chi connectivity index (χ0n) is 12.4. The Bertz CT molecular complexity index is 518. The largest absolute Gasteiger partial charge is 0.502 e. The zero-order chi connectivity index (χ0) is 16.2. The van der Waals surface area contributed by atoms with Gasteiger partial charge >= 0.3 is 5.69 Å². The molecule has 0 bridgehead atoms. The number of hydrogen-bond donors (Lipinski definition) is 3. The van der Waals surface area contributed by atoms with Crippen LogP contribution in [0.25, 0.3) is 0 Å². The highest BCUT2D eigenvalue weighted by molar-refractivity contribution is 6.31. The molecule has 0 radical (unpaired) electrons. The molecule has 0 heterocycles. The lowest BCUT2D eigenvalue weighted by Gasteiger charge is -2.26. The minimum atomic E-state index is -0.665. The fourth-order valence-corrected chi connectivity index (χ4v) is 2.56. The summed E-state index contributed by atoms with van der Waals surface area (Å²) in [4.78, 5) is 10.2. The molecule has 1 rings (SSSR count). The molecule has 0 saturated heterocycles. The number of aliphatic hydroxyl groups excluding tert-OH is 1. The molecule has 1 unspecified atom stereocenters. The van der Waals surface area contributed by atoms with Gasteiger partial charge in [0.2, 0.25) is 0 Å². The van der Waals surface area contributed by atoms with Gasteiger partial charge in [-0.2, -0.15) is 0 Å². The van der Waals surface area contributed by atoms with E-state index in [0.29, 0.717) is 18.5 Å². The molecule has 0 aliphatic heterocycles. The lowest BCUT2D eigenvalue weighted by atomic mass is 9.87. The van der Waals surface area contributed by atoms with Gasteiger partial charge in [0.1, 0.15) is 0 Å². The minimum absolute atomic E-state index is 0.131. The Morgan fingerprint density at radius 1 is 1.48 bits per heavy atom. The van der Waals surface area contributed by atoms with Gasteiger partial charge in [0, 0.05) is 29.7 Å². The predicted molar refractivity (Wildman–Crippen MR) is 81.6 cm³/mol. The molecule has 0 aliphatic carbocycles. The van der Waals surface area contributed by atoms with E-state index < -0.39 is 16.7 Å². The van der Waals surface area contributed by atoms with Crippen LogP contribution in [0.5, 0.6) is 5.75 Å². The highest BCUT2D eigenvalue weighted by atomic mass is 35.5. The van der Waals surface area contributed by atoms with Crippen LogP contribution in [0.2, 0.25) is 5.02 Å². The fourth-order valence-electron chi connectivity index (χ4n) is 2.32. The number of hydrogen-bond acceptors (Lipinski definition) is 5. The molecular formula is C14H21ClN2O4. The Balaban J connectivity index is 2.74. The number of benzene rings is 1. The van der Waals surface area contributed by atoms with Gasteiger partial charge in [-0.15, -0.1) is 0 Å². The van der Waals surface area contributed by atoms with Gasteiger partial charge in [-0.25, -0.2) is 0 Å². The molecule has 7 heteroatoms. The number of aliphatic hydroxyl groups is 1. The van der Waals surface area contributed by atoms with Gasteiger partial charge in [-0.1, -0.05) is 25.4 Å². The lowest BCUT2D eigenvalue weighted by molar-refractivity contribution is -0.385. The number of nitro benzene ring substituents is 1. The summed E-state index contributed by atoms with van der Waals surface area (Å²) in [6, 6.07) is 2.62. The van der Waals surface area contributed by atoms with Crippen LogP contribution in [0.4, 0.5) is 5.69 Å².